The lowest BCUT2D eigenvalue weighted by Crippen LogP contribution is -2.11. The normalized spacial score (nSPS) is 10.3. The summed E-state index contributed by atoms with van der Waals surface area (Å²) in [5.41, 5.74) is 13.5. The van der Waals surface area contributed by atoms with Crippen LogP contribution in [-0.4, -0.2) is 10.9 Å². The van der Waals surface area contributed by atoms with Gasteiger partial charge in [-0.1, -0.05) is 23.5 Å². The highest BCUT2D eigenvalue weighted by molar-refractivity contribution is 7.17. The summed E-state index contributed by atoms with van der Waals surface area (Å²) in [5, 5.41) is 3.20. The Kier molecular flexibility index (Phi) is 3.59. The molecule has 0 fully saturated rings. The molecule has 0 radical (unpaired) electrons. The van der Waals surface area contributed by atoms with Gasteiger partial charge in [-0.3, -0.25) is 4.79 Å². The van der Waals surface area contributed by atoms with Crippen molar-refractivity contribution in [2.45, 2.75) is 13.5 Å². The average molecular weight is 262 g/mol. The van der Waals surface area contributed by atoms with E-state index in [4.69, 9.17) is 11.5 Å². The Bertz CT molecular complexity index is 562. The highest BCUT2D eigenvalue weighted by Crippen LogP contribution is 2.21. The molecule has 0 atom stereocenters. The minimum atomic E-state index is -0.192. The minimum Gasteiger partial charge on any atom is -0.375 e. The van der Waals surface area contributed by atoms with Crippen molar-refractivity contribution in [3.05, 3.63) is 40.4 Å². The van der Waals surface area contributed by atoms with Crippen molar-refractivity contribution in [3.63, 3.8) is 0 Å². The zero-order valence-corrected chi connectivity index (χ0v) is 10.8. The summed E-state index contributed by atoms with van der Waals surface area (Å²) in [6.45, 7) is 2.25. The molecule has 6 heteroatoms. The van der Waals surface area contributed by atoms with Gasteiger partial charge in [-0.2, -0.15) is 0 Å². The lowest BCUT2D eigenvalue weighted by Gasteiger charge is -2.04. The van der Waals surface area contributed by atoms with Crippen molar-refractivity contribution >= 4 is 28.1 Å². The maximum Gasteiger partial charge on any atom is 0.267 e. The molecule has 1 aromatic carbocycles. The van der Waals surface area contributed by atoms with E-state index in [1.165, 1.54) is 11.3 Å². The number of hydrogen-bond donors (Lipinski definition) is 3. The van der Waals surface area contributed by atoms with Gasteiger partial charge >= 0.3 is 0 Å². The number of carbonyl (C=O) groups is 1. The second kappa shape index (κ2) is 5.16. The van der Waals surface area contributed by atoms with E-state index in [0.717, 1.165) is 11.3 Å². The van der Waals surface area contributed by atoms with Crippen molar-refractivity contribution in [1.29, 1.82) is 0 Å². The molecule has 0 aliphatic heterocycles. The van der Waals surface area contributed by atoms with E-state index in [0.29, 0.717) is 22.2 Å². The molecule has 2 rings (SSSR count). The number of amides is 1. The number of rotatable bonds is 3. The van der Waals surface area contributed by atoms with Gasteiger partial charge in [0.25, 0.3) is 5.91 Å². The number of nitrogens with two attached hydrogens (primary N) is 2. The number of aryl methyl sites for hydroxylation is 1. The van der Waals surface area contributed by atoms with Gasteiger partial charge in [0, 0.05) is 12.2 Å². The van der Waals surface area contributed by atoms with E-state index in [9.17, 15) is 4.79 Å². The molecule has 18 heavy (non-hydrogen) atoms. The molecule has 1 heterocycles. The molecule has 0 aliphatic carbocycles. The van der Waals surface area contributed by atoms with Gasteiger partial charge in [0.15, 0.2) is 5.13 Å². The van der Waals surface area contributed by atoms with Crippen LogP contribution in [-0.2, 0) is 6.54 Å². The predicted molar refractivity (Wildman–Crippen MR) is 73.6 cm³/mol. The highest BCUT2D eigenvalue weighted by atomic mass is 32.1. The van der Waals surface area contributed by atoms with Crippen LogP contribution in [0.5, 0.6) is 0 Å². The Labute approximate surface area is 109 Å². The maximum absolute atomic E-state index is 12.0. The number of aromatic nitrogens is 1. The Morgan fingerprint density at radius 3 is 2.56 bits per heavy atom. The molecule has 0 unspecified atom stereocenters. The summed E-state index contributed by atoms with van der Waals surface area (Å²) in [4.78, 5) is 16.5. The third kappa shape index (κ3) is 2.66. The van der Waals surface area contributed by atoms with Crippen LogP contribution < -0.4 is 16.8 Å². The second-order valence-corrected chi connectivity index (χ2v) is 4.85. The maximum atomic E-state index is 12.0. The first-order valence-electron chi connectivity index (χ1n) is 5.43. The summed E-state index contributed by atoms with van der Waals surface area (Å²) in [6, 6.07) is 7.40. The number of anilines is 2. The molecule has 5 N–H and O–H groups in total. The molecule has 0 saturated heterocycles. The monoisotopic (exact) mass is 262 g/mol. The first-order chi connectivity index (χ1) is 8.60. The molecule has 0 aliphatic rings. The number of thiazole rings is 1. The van der Waals surface area contributed by atoms with Gasteiger partial charge in [0.2, 0.25) is 0 Å². The Hall–Kier alpha value is -1.92. The third-order valence-corrected chi connectivity index (χ3v) is 3.45. The van der Waals surface area contributed by atoms with Crippen LogP contribution in [0.4, 0.5) is 10.8 Å². The Morgan fingerprint density at radius 1 is 1.39 bits per heavy atom. The van der Waals surface area contributed by atoms with Gasteiger partial charge in [-0.25, -0.2) is 4.98 Å². The Morgan fingerprint density at radius 2 is 2.06 bits per heavy atom. The number of benzene rings is 1. The van der Waals surface area contributed by atoms with Gasteiger partial charge in [-0.15, -0.1) is 0 Å². The van der Waals surface area contributed by atoms with Crippen molar-refractivity contribution in [3.8, 4) is 0 Å². The van der Waals surface area contributed by atoms with Gasteiger partial charge in [0.05, 0.1) is 5.69 Å². The topological polar surface area (TPSA) is 94.0 Å². The minimum absolute atomic E-state index is 0.192. The van der Waals surface area contributed by atoms with E-state index in [1.54, 1.807) is 6.92 Å². The van der Waals surface area contributed by atoms with E-state index in [1.807, 2.05) is 24.3 Å². The molecular formula is C12H14N4OS. The van der Waals surface area contributed by atoms with E-state index >= 15 is 0 Å². The smallest absolute Gasteiger partial charge is 0.267 e. The van der Waals surface area contributed by atoms with Crippen molar-refractivity contribution in [2.24, 2.45) is 5.73 Å². The van der Waals surface area contributed by atoms with Crippen molar-refractivity contribution in [2.75, 3.05) is 11.1 Å². The molecule has 0 bridgehead atoms. The number of hydrogen-bond acceptors (Lipinski definition) is 5. The molecule has 94 valence electrons. The summed E-state index contributed by atoms with van der Waals surface area (Å²) < 4.78 is 0. The lowest BCUT2D eigenvalue weighted by molar-refractivity contribution is 0.103. The summed E-state index contributed by atoms with van der Waals surface area (Å²) in [5.74, 6) is -0.192. The van der Waals surface area contributed by atoms with E-state index in [-0.39, 0.29) is 5.91 Å². The fourth-order valence-electron chi connectivity index (χ4n) is 1.54. The van der Waals surface area contributed by atoms with Gasteiger partial charge in [-0.05, 0) is 24.6 Å². The Balaban J connectivity index is 2.13. The van der Waals surface area contributed by atoms with Crippen LogP contribution in [0, 0.1) is 6.92 Å². The van der Waals surface area contributed by atoms with Crippen LogP contribution in [0.25, 0.3) is 0 Å². The van der Waals surface area contributed by atoms with Gasteiger partial charge in [0.1, 0.15) is 4.88 Å². The average Bonchev–Trinajstić information content (AvgIpc) is 2.69. The summed E-state index contributed by atoms with van der Waals surface area (Å²) in [7, 11) is 0. The molecule has 1 aromatic heterocycles. The van der Waals surface area contributed by atoms with Gasteiger partial charge < -0.3 is 16.8 Å². The molecule has 5 nitrogen and oxygen atoms in total. The standard InChI is InChI=1S/C12H14N4OS/c1-7-10(18-12(14)15-7)11(17)16-9-4-2-8(6-13)3-5-9/h2-5H,6,13H2,1H3,(H2,14,15)(H,16,17). The number of nitrogens with zero attached hydrogens (tertiary/aromatic N) is 1. The first-order valence-corrected chi connectivity index (χ1v) is 6.25. The van der Waals surface area contributed by atoms with Crippen LogP contribution in [0.3, 0.4) is 0 Å². The zero-order chi connectivity index (χ0) is 13.1. The van der Waals surface area contributed by atoms with Crippen molar-refractivity contribution in [1.82, 2.24) is 4.98 Å². The molecular weight excluding hydrogens is 248 g/mol. The molecule has 2 aromatic rings. The summed E-state index contributed by atoms with van der Waals surface area (Å²) in [6.07, 6.45) is 0. The quantitative estimate of drug-likeness (QED) is 0.785. The fraction of sp³-hybridized carbons (Fsp3) is 0.167. The highest BCUT2D eigenvalue weighted by Gasteiger charge is 2.14. The SMILES string of the molecule is Cc1nc(N)sc1C(=O)Nc1ccc(CN)cc1. The van der Waals surface area contributed by atoms with Crippen LogP contribution >= 0.6 is 11.3 Å². The number of carbonyl (C=O) groups excluding carboxylic acids is 1. The van der Waals surface area contributed by atoms with Crippen LogP contribution in [0.2, 0.25) is 0 Å². The van der Waals surface area contributed by atoms with Crippen molar-refractivity contribution < 1.29 is 4.79 Å². The number of nitrogens with one attached hydrogen (secondary N) is 1. The fourth-order valence-corrected chi connectivity index (χ4v) is 2.27. The molecule has 1 amide bonds. The largest absolute Gasteiger partial charge is 0.375 e. The zero-order valence-electron chi connectivity index (χ0n) is 9.93. The van der Waals surface area contributed by atoms with Crippen LogP contribution in [0.15, 0.2) is 24.3 Å². The van der Waals surface area contributed by atoms with Crippen LogP contribution in [0.1, 0.15) is 20.9 Å². The predicted octanol–water partition coefficient (Wildman–Crippen LogP) is 1.74. The van der Waals surface area contributed by atoms with E-state index < -0.39 is 0 Å². The summed E-state index contributed by atoms with van der Waals surface area (Å²) >= 11 is 1.18. The number of nitrogen functional groups attached to an aromatic ring is 1. The second-order valence-electron chi connectivity index (χ2n) is 3.82. The first kappa shape index (κ1) is 12.5. The lowest BCUT2D eigenvalue weighted by atomic mass is 10.2. The molecule has 0 spiro atoms. The molecule has 0 saturated carbocycles. The third-order valence-electron chi connectivity index (χ3n) is 2.47. The van der Waals surface area contributed by atoms with E-state index in [2.05, 4.69) is 10.3 Å².